The summed E-state index contributed by atoms with van der Waals surface area (Å²) >= 11 is 0. The summed E-state index contributed by atoms with van der Waals surface area (Å²) in [7, 11) is -23.5. The first-order valence-corrected chi connectivity index (χ1v) is 20.9. The van der Waals surface area contributed by atoms with E-state index >= 15 is 0 Å². The van der Waals surface area contributed by atoms with Gasteiger partial charge >= 0.3 is 0 Å². The molecule has 0 amide bonds. The maximum atomic E-state index is 9.76. The Balaban J connectivity index is -0.0000000842. The van der Waals surface area contributed by atoms with E-state index in [1.807, 2.05) is 34.6 Å². The van der Waals surface area contributed by atoms with Crippen molar-refractivity contribution in [2.45, 2.75) is 98.8 Å². The molecule has 0 aromatic carbocycles. The summed E-state index contributed by atoms with van der Waals surface area (Å²) in [5.74, 6) is 0. The third-order valence-corrected chi connectivity index (χ3v) is 6.23. The molecule has 0 N–H and O–H groups in total. The van der Waals surface area contributed by atoms with Gasteiger partial charge in [0.25, 0.3) is 0 Å². The molecule has 0 atom stereocenters. The van der Waals surface area contributed by atoms with Gasteiger partial charge in [-0.15, -0.1) is 0 Å². The first-order chi connectivity index (χ1) is 20.3. The van der Waals surface area contributed by atoms with Crippen LogP contribution >= 0.6 is 39.1 Å². The molecule has 0 unspecified atom stereocenters. The van der Waals surface area contributed by atoms with Gasteiger partial charge in [-0.1, -0.05) is 66.7 Å². The van der Waals surface area contributed by atoms with E-state index in [1.165, 1.54) is 0 Å². The summed E-state index contributed by atoms with van der Waals surface area (Å²) in [5.41, 5.74) is 0. The zero-order valence-electron chi connectivity index (χ0n) is 26.9. The van der Waals surface area contributed by atoms with Crippen LogP contribution in [0.25, 0.3) is 0 Å². The third-order valence-electron chi connectivity index (χ3n) is 3.74. The number of hydrogen-bond donors (Lipinski definition) is 0. The van der Waals surface area contributed by atoms with Crippen LogP contribution in [0.2, 0.25) is 0 Å². The van der Waals surface area contributed by atoms with Crippen LogP contribution in [0.1, 0.15) is 98.8 Å². The SMILES string of the molecule is CCCCOP(=O)([O-])[O-].CCCCOP(=O)([O-])[O-].CCCCOP(=O)([O-])[O-].CCCCOP(=O)([O-])[O-].CCCCOP(=O)([O-])[O-].[V].[V]. The van der Waals surface area contributed by atoms with Crippen LogP contribution in [0.4, 0.5) is 0 Å². The van der Waals surface area contributed by atoms with Crippen molar-refractivity contribution in [3.05, 3.63) is 0 Å². The minimum absolute atomic E-state index is 0. The summed E-state index contributed by atoms with van der Waals surface area (Å²) in [4.78, 5) is 97.6. The summed E-state index contributed by atoms with van der Waals surface area (Å²) in [5, 5.41) is 0. The summed E-state index contributed by atoms with van der Waals surface area (Å²) in [6.45, 7) is 9.47. The number of unbranched alkanes of at least 4 members (excludes halogenated alkanes) is 5. The fraction of sp³-hybridized carbons (Fsp3) is 1.00. The van der Waals surface area contributed by atoms with Crippen LogP contribution in [0.15, 0.2) is 0 Å². The van der Waals surface area contributed by atoms with Gasteiger partial charge in [-0.3, -0.25) is 0 Å². The molecule has 0 aliphatic rings. The van der Waals surface area contributed by atoms with E-state index in [4.69, 9.17) is 0 Å². The Morgan fingerprint density at radius 1 is 0.319 bits per heavy atom. The second kappa shape index (κ2) is 38.9. The number of phosphoric acid groups is 5. The standard InChI is InChI=1S/5C4H11O4P.2V/c5*1-2-3-4-8-9(5,6)7;;/h5*2-4H2,1H3,(H2,5,6,7);;/p-10. The topological polar surface area (TPSA) is 362 Å². The largest absolute Gasteiger partial charge is 0.790 e. The van der Waals surface area contributed by atoms with Crippen molar-refractivity contribution in [2.75, 3.05) is 33.0 Å². The fourth-order valence-corrected chi connectivity index (χ4v) is 3.37. The summed E-state index contributed by atoms with van der Waals surface area (Å²) in [6.07, 6.45) is 7.13. The molecule has 0 fully saturated rings. The van der Waals surface area contributed by atoms with Crippen molar-refractivity contribution >= 4 is 39.1 Å². The summed E-state index contributed by atoms with van der Waals surface area (Å²) in [6, 6.07) is 0. The third kappa shape index (κ3) is 99.1. The Labute approximate surface area is 301 Å². The molecule has 0 aromatic heterocycles. The van der Waals surface area contributed by atoms with E-state index < -0.39 is 39.1 Å². The number of phosphoric ester groups is 5. The Bertz CT molecular complexity index is 710. The van der Waals surface area contributed by atoms with Gasteiger partial charge < -0.3 is 94.4 Å². The predicted octanol–water partition coefficient (Wildman–Crippen LogP) is -1.85. The zero-order chi connectivity index (χ0) is 36.6. The monoisotopic (exact) mass is 862 g/mol. The fourth-order valence-electron chi connectivity index (χ4n) is 1.60. The zero-order valence-corrected chi connectivity index (χ0v) is 34.2. The van der Waals surface area contributed by atoms with Gasteiger partial charge in [-0.2, -0.15) is 0 Å². The molecule has 0 aliphatic heterocycles. The molecule has 0 saturated heterocycles. The maximum absolute atomic E-state index is 9.76. The minimum Gasteiger partial charge on any atom is -0.790 e. The van der Waals surface area contributed by atoms with E-state index in [0.29, 0.717) is 32.1 Å². The van der Waals surface area contributed by atoms with Crippen LogP contribution in [-0.4, -0.2) is 33.0 Å². The number of rotatable bonds is 20. The van der Waals surface area contributed by atoms with Crippen LogP contribution in [0, 0.1) is 0 Å². The van der Waals surface area contributed by atoms with Crippen LogP contribution < -0.4 is 48.9 Å². The molecule has 290 valence electrons. The number of hydrogen-bond acceptors (Lipinski definition) is 20. The minimum atomic E-state index is -4.70. The van der Waals surface area contributed by atoms with Crippen LogP contribution in [-0.2, 0) is 82.6 Å². The van der Waals surface area contributed by atoms with Gasteiger partial charge in [-0.05, 0) is 32.1 Å². The van der Waals surface area contributed by atoms with Crippen molar-refractivity contribution in [2.24, 2.45) is 0 Å². The maximum Gasteiger partial charge on any atom is 0.0596 e. The molecular formula is C20H45O20P5V2-10. The van der Waals surface area contributed by atoms with E-state index in [0.717, 1.165) is 32.1 Å². The Kier molecular flexibility index (Phi) is 52.8. The van der Waals surface area contributed by atoms with E-state index in [1.54, 1.807) is 0 Å². The van der Waals surface area contributed by atoms with E-state index in [2.05, 4.69) is 22.6 Å². The van der Waals surface area contributed by atoms with Crippen LogP contribution in [0.3, 0.4) is 0 Å². The molecule has 0 bridgehead atoms. The summed E-state index contributed by atoms with van der Waals surface area (Å²) < 4.78 is 68.4. The Morgan fingerprint density at radius 2 is 0.426 bits per heavy atom. The molecule has 0 spiro atoms. The Morgan fingerprint density at radius 3 is 0.489 bits per heavy atom. The first kappa shape index (κ1) is 63.7. The van der Waals surface area contributed by atoms with E-state index in [-0.39, 0.29) is 70.1 Å². The quantitative estimate of drug-likeness (QED) is 0.0958. The second-order valence-electron chi connectivity index (χ2n) is 8.17. The van der Waals surface area contributed by atoms with Crippen molar-refractivity contribution in [3.8, 4) is 0 Å². The van der Waals surface area contributed by atoms with Gasteiger partial charge in [0.1, 0.15) is 0 Å². The smallest absolute Gasteiger partial charge is 0.0596 e. The molecule has 0 saturated carbocycles. The molecule has 27 heteroatoms. The predicted molar refractivity (Wildman–Crippen MR) is 142 cm³/mol. The van der Waals surface area contributed by atoms with Crippen molar-refractivity contribution in [3.63, 3.8) is 0 Å². The molecule has 0 aliphatic carbocycles. The normalized spacial score (nSPS) is 11.4. The van der Waals surface area contributed by atoms with Gasteiger partial charge in [0.15, 0.2) is 0 Å². The molecule has 0 aromatic rings. The average molecular weight is 862 g/mol. The van der Waals surface area contributed by atoms with Gasteiger partial charge in [0.2, 0.25) is 0 Å². The molecule has 2 radical (unpaired) electrons. The first-order valence-electron chi connectivity index (χ1n) is 13.6. The van der Waals surface area contributed by atoms with Crippen molar-refractivity contribution in [1.82, 2.24) is 0 Å². The van der Waals surface area contributed by atoms with Crippen molar-refractivity contribution in [1.29, 1.82) is 0 Å². The van der Waals surface area contributed by atoms with Gasteiger partial charge in [0, 0.05) is 37.1 Å². The van der Waals surface area contributed by atoms with Gasteiger partial charge in [-0.25, -0.2) is 0 Å². The molecular weight excluding hydrogens is 817 g/mol. The molecule has 0 rings (SSSR count). The van der Waals surface area contributed by atoms with Crippen LogP contribution in [0.5, 0.6) is 0 Å². The second-order valence-corrected chi connectivity index (χ2v) is 13.9. The van der Waals surface area contributed by atoms with Crippen molar-refractivity contribution < 1.29 is 131 Å². The molecule has 20 nitrogen and oxygen atoms in total. The van der Waals surface area contributed by atoms with Gasteiger partial charge in [0.05, 0.1) is 72.1 Å². The average Bonchev–Trinajstić information content (AvgIpc) is 2.83. The Hall–Kier alpha value is 1.72. The van der Waals surface area contributed by atoms with E-state index in [9.17, 15) is 71.8 Å². The molecule has 0 heterocycles. The molecule has 47 heavy (non-hydrogen) atoms.